The quantitative estimate of drug-likeness (QED) is 0.505. The van der Waals surface area contributed by atoms with Crippen molar-refractivity contribution in [1.82, 2.24) is 5.32 Å². The van der Waals surface area contributed by atoms with E-state index < -0.39 is 6.04 Å². The number of nitrogens with two attached hydrogens (primary N) is 1. The van der Waals surface area contributed by atoms with Gasteiger partial charge in [0.15, 0.2) is 0 Å². The van der Waals surface area contributed by atoms with E-state index in [0.717, 1.165) is 6.42 Å². The molecule has 0 heterocycles. The van der Waals surface area contributed by atoms with Crippen LogP contribution in [0.25, 0.3) is 0 Å². The largest absolute Gasteiger partial charge is 0.394 e. The summed E-state index contributed by atoms with van der Waals surface area (Å²) >= 11 is 0. The first-order valence-electron chi connectivity index (χ1n) is 3.78. The Morgan fingerprint density at radius 2 is 2.27 bits per heavy atom. The van der Waals surface area contributed by atoms with Crippen LogP contribution in [0.1, 0.15) is 20.3 Å². The van der Waals surface area contributed by atoms with Gasteiger partial charge in [-0.1, -0.05) is 6.92 Å². The van der Waals surface area contributed by atoms with Crippen LogP contribution in [-0.2, 0) is 4.79 Å². The first-order valence-corrected chi connectivity index (χ1v) is 3.78. The van der Waals surface area contributed by atoms with Crippen LogP contribution in [0, 0.1) is 0 Å². The van der Waals surface area contributed by atoms with Crippen LogP contribution in [0.4, 0.5) is 0 Å². The summed E-state index contributed by atoms with van der Waals surface area (Å²) in [6, 6.07) is -0.663. The van der Waals surface area contributed by atoms with Crippen molar-refractivity contribution in [2.45, 2.75) is 32.4 Å². The molecule has 0 rings (SSSR count). The van der Waals surface area contributed by atoms with Gasteiger partial charge in [0.05, 0.1) is 18.7 Å². The molecule has 0 bridgehead atoms. The smallest absolute Gasteiger partial charge is 0.236 e. The molecule has 66 valence electrons. The van der Waals surface area contributed by atoms with Gasteiger partial charge < -0.3 is 16.2 Å². The Balaban J connectivity index is 3.72. The van der Waals surface area contributed by atoms with Crippen molar-refractivity contribution in [2.75, 3.05) is 6.61 Å². The fourth-order valence-corrected chi connectivity index (χ4v) is 0.609. The summed E-state index contributed by atoms with van der Waals surface area (Å²) in [6.07, 6.45) is 0.717. The Hall–Kier alpha value is -0.610. The molecule has 1 amide bonds. The molecule has 2 atom stereocenters. The van der Waals surface area contributed by atoms with E-state index in [1.54, 1.807) is 6.92 Å². The molecule has 0 radical (unpaired) electrons. The van der Waals surface area contributed by atoms with Gasteiger partial charge in [-0.15, -0.1) is 0 Å². The highest BCUT2D eigenvalue weighted by molar-refractivity contribution is 5.81. The lowest BCUT2D eigenvalue weighted by atomic mass is 10.2. The molecule has 0 aromatic heterocycles. The van der Waals surface area contributed by atoms with Gasteiger partial charge in [-0.25, -0.2) is 0 Å². The molecule has 11 heavy (non-hydrogen) atoms. The summed E-state index contributed by atoms with van der Waals surface area (Å²) in [4.78, 5) is 10.9. The summed E-state index contributed by atoms with van der Waals surface area (Å²) in [5.41, 5.74) is 5.30. The molecule has 0 saturated carbocycles. The third-order valence-electron chi connectivity index (χ3n) is 1.47. The zero-order chi connectivity index (χ0) is 8.85. The van der Waals surface area contributed by atoms with Crippen molar-refractivity contribution >= 4 is 5.91 Å². The average molecular weight is 160 g/mol. The van der Waals surface area contributed by atoms with E-state index in [0.29, 0.717) is 0 Å². The van der Waals surface area contributed by atoms with E-state index in [2.05, 4.69) is 5.32 Å². The molecule has 0 spiro atoms. The second-order valence-electron chi connectivity index (χ2n) is 2.59. The van der Waals surface area contributed by atoms with Gasteiger partial charge in [0, 0.05) is 0 Å². The summed E-state index contributed by atoms with van der Waals surface area (Å²) in [6.45, 7) is 3.47. The number of carbonyl (C=O) groups excluding carboxylic acids is 1. The third-order valence-corrected chi connectivity index (χ3v) is 1.47. The van der Waals surface area contributed by atoms with Gasteiger partial charge in [-0.2, -0.15) is 0 Å². The van der Waals surface area contributed by atoms with E-state index in [4.69, 9.17) is 10.8 Å². The van der Waals surface area contributed by atoms with Gasteiger partial charge >= 0.3 is 0 Å². The summed E-state index contributed by atoms with van der Waals surface area (Å²) < 4.78 is 0. The van der Waals surface area contributed by atoms with Gasteiger partial charge in [-0.05, 0) is 13.3 Å². The predicted molar refractivity (Wildman–Crippen MR) is 43.0 cm³/mol. The molecule has 4 nitrogen and oxygen atoms in total. The molecule has 0 fully saturated rings. The van der Waals surface area contributed by atoms with Gasteiger partial charge in [0.1, 0.15) is 0 Å². The topological polar surface area (TPSA) is 75.3 Å². The Labute approximate surface area is 66.8 Å². The van der Waals surface area contributed by atoms with E-state index in [-0.39, 0.29) is 18.6 Å². The number of carbonyl (C=O) groups is 1. The van der Waals surface area contributed by atoms with Crippen molar-refractivity contribution in [3.05, 3.63) is 0 Å². The molecule has 1 unspecified atom stereocenters. The number of rotatable bonds is 4. The molecule has 0 aromatic carbocycles. The van der Waals surface area contributed by atoms with Crippen molar-refractivity contribution in [3.8, 4) is 0 Å². The number of aliphatic hydroxyl groups is 1. The number of hydrogen-bond donors (Lipinski definition) is 3. The lowest BCUT2D eigenvalue weighted by Gasteiger charge is -2.15. The van der Waals surface area contributed by atoms with Crippen LogP contribution in [-0.4, -0.2) is 29.7 Å². The van der Waals surface area contributed by atoms with E-state index in [1.807, 2.05) is 6.92 Å². The molecule has 4 N–H and O–H groups in total. The maximum Gasteiger partial charge on any atom is 0.236 e. The third kappa shape index (κ3) is 3.95. The average Bonchev–Trinajstić information content (AvgIpc) is 1.99. The maximum atomic E-state index is 10.9. The maximum absolute atomic E-state index is 10.9. The van der Waals surface area contributed by atoms with E-state index >= 15 is 0 Å². The van der Waals surface area contributed by atoms with Crippen molar-refractivity contribution in [2.24, 2.45) is 5.73 Å². The molecular formula is C7H16N2O2. The predicted octanol–water partition coefficient (Wildman–Crippen LogP) is -0.779. The lowest BCUT2D eigenvalue weighted by Crippen LogP contribution is -2.45. The Morgan fingerprint density at radius 1 is 1.73 bits per heavy atom. The number of nitrogens with one attached hydrogen (secondary N) is 1. The number of aliphatic hydroxyl groups excluding tert-OH is 1. The van der Waals surface area contributed by atoms with Crippen molar-refractivity contribution < 1.29 is 9.90 Å². The Bertz CT molecular complexity index is 122. The fourth-order valence-electron chi connectivity index (χ4n) is 0.609. The summed E-state index contributed by atoms with van der Waals surface area (Å²) in [5, 5.41) is 11.3. The van der Waals surface area contributed by atoms with Crippen LogP contribution in [0.15, 0.2) is 0 Å². The first kappa shape index (κ1) is 10.4. The molecule has 0 aliphatic carbocycles. The van der Waals surface area contributed by atoms with Crippen LogP contribution in [0.3, 0.4) is 0 Å². The van der Waals surface area contributed by atoms with Crippen LogP contribution in [0.5, 0.6) is 0 Å². The van der Waals surface area contributed by atoms with Crippen LogP contribution >= 0.6 is 0 Å². The SMILES string of the molecule is CC[C@H](CO)NC(=O)C(C)N. The zero-order valence-corrected chi connectivity index (χ0v) is 7.00. The minimum absolute atomic E-state index is 0.0328. The molecular weight excluding hydrogens is 144 g/mol. The highest BCUT2D eigenvalue weighted by Crippen LogP contribution is 1.89. The minimum Gasteiger partial charge on any atom is -0.394 e. The van der Waals surface area contributed by atoms with E-state index in [1.165, 1.54) is 0 Å². The normalized spacial score (nSPS) is 15.6. The van der Waals surface area contributed by atoms with Crippen molar-refractivity contribution in [3.63, 3.8) is 0 Å². The lowest BCUT2D eigenvalue weighted by molar-refractivity contribution is -0.123. The summed E-state index contributed by atoms with van der Waals surface area (Å²) in [5.74, 6) is -0.217. The molecule has 0 aliphatic heterocycles. The monoisotopic (exact) mass is 160 g/mol. The Morgan fingerprint density at radius 3 is 2.55 bits per heavy atom. The van der Waals surface area contributed by atoms with E-state index in [9.17, 15) is 4.79 Å². The fraction of sp³-hybridized carbons (Fsp3) is 0.857. The zero-order valence-electron chi connectivity index (χ0n) is 7.00. The van der Waals surface area contributed by atoms with Gasteiger partial charge in [-0.3, -0.25) is 4.79 Å². The minimum atomic E-state index is -0.504. The van der Waals surface area contributed by atoms with Crippen LogP contribution < -0.4 is 11.1 Å². The van der Waals surface area contributed by atoms with Crippen molar-refractivity contribution in [1.29, 1.82) is 0 Å². The number of hydrogen-bond acceptors (Lipinski definition) is 3. The first-order chi connectivity index (χ1) is 5.11. The van der Waals surface area contributed by atoms with Gasteiger partial charge in [0.2, 0.25) is 5.91 Å². The number of amides is 1. The molecule has 0 aromatic rings. The second kappa shape index (κ2) is 5.09. The van der Waals surface area contributed by atoms with Gasteiger partial charge in [0.25, 0.3) is 0 Å². The Kier molecular flexibility index (Phi) is 4.81. The standard InChI is InChI=1S/C7H16N2O2/c1-3-6(4-10)9-7(11)5(2)8/h5-6,10H,3-4,8H2,1-2H3,(H,9,11)/t5?,6-/m1/s1. The highest BCUT2D eigenvalue weighted by Gasteiger charge is 2.11. The molecule has 4 heteroatoms. The summed E-state index contributed by atoms with van der Waals surface area (Å²) in [7, 11) is 0. The highest BCUT2D eigenvalue weighted by atomic mass is 16.3. The van der Waals surface area contributed by atoms with Crippen LogP contribution in [0.2, 0.25) is 0 Å². The molecule has 0 saturated heterocycles. The molecule has 0 aliphatic rings. The second-order valence-corrected chi connectivity index (χ2v) is 2.59.